The van der Waals surface area contributed by atoms with Crippen molar-refractivity contribution in [1.29, 1.82) is 0 Å². The third-order valence-electron chi connectivity index (χ3n) is 8.32. The highest BCUT2D eigenvalue weighted by molar-refractivity contribution is 5.98. The van der Waals surface area contributed by atoms with Crippen molar-refractivity contribution < 1.29 is 27.5 Å². The maximum absolute atomic E-state index is 12.6. The van der Waals surface area contributed by atoms with Gasteiger partial charge in [0.15, 0.2) is 5.21 Å². The molecule has 2 fully saturated rings. The van der Waals surface area contributed by atoms with Gasteiger partial charge in [0.2, 0.25) is 0 Å². The fourth-order valence-corrected chi connectivity index (χ4v) is 6.29. The lowest BCUT2D eigenvalue weighted by molar-refractivity contribution is -0.703. The molecule has 11 heteroatoms. The smallest absolute Gasteiger partial charge is 0.406 e. The lowest BCUT2D eigenvalue weighted by Crippen LogP contribution is -2.49. The molecule has 0 saturated heterocycles. The van der Waals surface area contributed by atoms with Gasteiger partial charge in [0.25, 0.3) is 5.91 Å². The Bertz CT molecular complexity index is 1200. The topological polar surface area (TPSA) is 87.0 Å². The maximum Gasteiger partial charge on any atom is 0.573 e. The fraction of sp³-hybridized carbons (Fsp3) is 0.517. The molecule has 214 valence electrons. The maximum atomic E-state index is 12.6. The van der Waals surface area contributed by atoms with Gasteiger partial charge < -0.3 is 4.74 Å². The van der Waals surface area contributed by atoms with Crippen LogP contribution in [0.3, 0.4) is 0 Å². The second kappa shape index (κ2) is 12.8. The van der Waals surface area contributed by atoms with Crippen LogP contribution in [-0.4, -0.2) is 38.7 Å². The van der Waals surface area contributed by atoms with Gasteiger partial charge in [-0.05, 0) is 72.9 Å². The van der Waals surface area contributed by atoms with Crippen LogP contribution in [0.2, 0.25) is 0 Å². The van der Waals surface area contributed by atoms with Crippen LogP contribution in [0.15, 0.2) is 54.9 Å². The lowest BCUT2D eigenvalue weighted by Gasteiger charge is -2.40. The second-order valence-electron chi connectivity index (χ2n) is 11.0. The van der Waals surface area contributed by atoms with E-state index in [9.17, 15) is 18.0 Å². The van der Waals surface area contributed by atoms with Gasteiger partial charge in [-0.3, -0.25) is 9.69 Å². The van der Waals surface area contributed by atoms with Gasteiger partial charge in [-0.25, -0.2) is 0 Å². The molecule has 5 rings (SSSR count). The first kappa shape index (κ1) is 28.1. The van der Waals surface area contributed by atoms with E-state index >= 15 is 0 Å². The molecule has 2 aromatic carbocycles. The Balaban J connectivity index is 1.26. The van der Waals surface area contributed by atoms with Gasteiger partial charge in [-0.2, -0.15) is 5.43 Å². The summed E-state index contributed by atoms with van der Waals surface area (Å²) >= 11 is 0. The minimum absolute atomic E-state index is 0.214. The number of carbonyl (C=O) groups excluding carboxylic acids is 1. The summed E-state index contributed by atoms with van der Waals surface area (Å²) < 4.78 is 41.9. The standard InChI is InChI=1S/C29H35F3N6O2/c30-29(31,32)40-27-16-8-22(9-17-27)19-37(26-14-12-24(13-15-26)23-4-2-1-3-5-23)18-21-6-10-25(11-7-21)28(39)34-38-20-33-35-36-38/h6-11,16-17,20,23-24,26H,1-5,12-15,18-19H2,(H,34,39)/p+1. The molecule has 0 unspecified atom stereocenters. The Labute approximate surface area is 231 Å². The number of ether oxygens (including phenoxy) is 1. The highest BCUT2D eigenvalue weighted by atomic mass is 19.4. The van der Waals surface area contributed by atoms with Crippen LogP contribution in [-0.2, 0) is 13.1 Å². The van der Waals surface area contributed by atoms with E-state index in [1.807, 2.05) is 12.1 Å². The number of aromatic nitrogens is 4. The number of H-pyrrole nitrogens is 1. The summed E-state index contributed by atoms with van der Waals surface area (Å²) in [6.45, 7) is 1.30. The molecule has 0 spiro atoms. The summed E-state index contributed by atoms with van der Waals surface area (Å²) in [5, 5.41) is 9.71. The Morgan fingerprint density at radius 3 is 2.08 bits per heavy atom. The van der Waals surface area contributed by atoms with Crippen LogP contribution in [0.4, 0.5) is 13.2 Å². The summed E-state index contributed by atoms with van der Waals surface area (Å²) in [6.07, 6.45) is 8.14. The minimum Gasteiger partial charge on any atom is -0.406 e. The highest BCUT2D eigenvalue weighted by Gasteiger charge is 2.32. The normalized spacial score (nSPS) is 20.4. The van der Waals surface area contributed by atoms with Crippen LogP contribution in [0, 0.1) is 11.8 Å². The van der Waals surface area contributed by atoms with E-state index in [2.05, 4.69) is 30.6 Å². The number of amides is 1. The number of nitrogens with zero attached hydrogens (tertiary/aromatic N) is 4. The van der Waals surface area contributed by atoms with Gasteiger partial charge in [-0.1, -0.05) is 66.4 Å². The SMILES string of the molecule is O=C(N[n+]1cnn[nH]1)c1ccc(CN(Cc2ccc(OC(F)(F)F)cc2)C2CCC(C3CCCCC3)CC2)cc1. The summed E-state index contributed by atoms with van der Waals surface area (Å²) in [6, 6.07) is 14.0. The molecule has 0 radical (unpaired) electrons. The summed E-state index contributed by atoms with van der Waals surface area (Å²) in [7, 11) is 0. The minimum atomic E-state index is -4.71. The molecule has 0 aliphatic heterocycles. The van der Waals surface area contributed by atoms with Gasteiger partial charge in [-0.15, -0.1) is 13.2 Å². The van der Waals surface area contributed by atoms with Crippen molar-refractivity contribution in [2.24, 2.45) is 11.8 Å². The molecule has 0 atom stereocenters. The molecule has 1 heterocycles. The zero-order valence-electron chi connectivity index (χ0n) is 22.4. The van der Waals surface area contributed by atoms with Crippen LogP contribution >= 0.6 is 0 Å². The van der Waals surface area contributed by atoms with Gasteiger partial charge in [0, 0.05) is 24.7 Å². The molecule has 2 N–H and O–H groups in total. The Morgan fingerprint density at radius 1 is 0.900 bits per heavy atom. The van der Waals surface area contributed by atoms with E-state index in [1.54, 1.807) is 24.3 Å². The Kier molecular flexibility index (Phi) is 8.98. The van der Waals surface area contributed by atoms with E-state index < -0.39 is 6.36 Å². The number of halogens is 3. The average molecular weight is 558 g/mol. The van der Waals surface area contributed by atoms with E-state index in [1.165, 1.54) is 68.2 Å². The molecule has 1 amide bonds. The molecule has 8 nitrogen and oxygen atoms in total. The molecule has 2 aliphatic carbocycles. The molecular weight excluding hydrogens is 521 g/mol. The number of carbonyl (C=O) groups is 1. The lowest BCUT2D eigenvalue weighted by atomic mass is 9.72. The van der Waals surface area contributed by atoms with Crippen molar-refractivity contribution in [2.75, 3.05) is 5.43 Å². The Morgan fingerprint density at radius 2 is 1.50 bits per heavy atom. The van der Waals surface area contributed by atoms with E-state index in [0.717, 1.165) is 35.8 Å². The molecule has 2 aliphatic rings. The van der Waals surface area contributed by atoms with Crippen LogP contribution in [0.25, 0.3) is 0 Å². The van der Waals surface area contributed by atoms with Crippen molar-refractivity contribution in [3.05, 3.63) is 71.5 Å². The molecule has 40 heavy (non-hydrogen) atoms. The number of hydrogen-bond acceptors (Lipinski definition) is 5. The number of rotatable bonds is 9. The zero-order chi connectivity index (χ0) is 28.0. The van der Waals surface area contributed by atoms with Crippen molar-refractivity contribution in [3.8, 4) is 5.75 Å². The van der Waals surface area contributed by atoms with Gasteiger partial charge >= 0.3 is 12.7 Å². The largest absolute Gasteiger partial charge is 0.573 e. The van der Waals surface area contributed by atoms with Crippen molar-refractivity contribution in [3.63, 3.8) is 0 Å². The predicted octanol–water partition coefficient (Wildman–Crippen LogP) is 5.52. The van der Waals surface area contributed by atoms with Crippen molar-refractivity contribution in [2.45, 2.75) is 83.3 Å². The van der Waals surface area contributed by atoms with Crippen molar-refractivity contribution in [1.82, 2.24) is 20.4 Å². The predicted molar refractivity (Wildman–Crippen MR) is 141 cm³/mol. The number of nitrogens with one attached hydrogen (secondary N) is 2. The fourth-order valence-electron chi connectivity index (χ4n) is 6.29. The first-order valence-electron chi connectivity index (χ1n) is 14.1. The first-order valence-corrected chi connectivity index (χ1v) is 14.1. The van der Waals surface area contributed by atoms with Gasteiger partial charge in [0.05, 0.1) is 0 Å². The third-order valence-corrected chi connectivity index (χ3v) is 8.32. The number of hydrogen-bond donors (Lipinski definition) is 2. The van der Waals surface area contributed by atoms with E-state index in [0.29, 0.717) is 24.7 Å². The highest BCUT2D eigenvalue weighted by Crippen LogP contribution is 2.40. The van der Waals surface area contributed by atoms with E-state index in [-0.39, 0.29) is 11.7 Å². The molecule has 3 aromatic rings. The molecule has 0 bridgehead atoms. The van der Waals surface area contributed by atoms with E-state index in [4.69, 9.17) is 0 Å². The average Bonchev–Trinajstić information content (AvgIpc) is 3.47. The third kappa shape index (κ3) is 7.80. The molecule has 1 aromatic heterocycles. The zero-order valence-corrected chi connectivity index (χ0v) is 22.4. The van der Waals surface area contributed by atoms with Crippen LogP contribution < -0.4 is 15.0 Å². The van der Waals surface area contributed by atoms with Gasteiger partial charge in [0.1, 0.15) is 10.8 Å². The van der Waals surface area contributed by atoms with Crippen LogP contribution in [0.5, 0.6) is 5.75 Å². The summed E-state index contributed by atoms with van der Waals surface area (Å²) in [5.74, 6) is 1.16. The molecular formula is C29H36F3N6O2+. The Hall–Kier alpha value is -3.47. The summed E-state index contributed by atoms with van der Waals surface area (Å²) in [5.41, 5.74) is 5.15. The quantitative estimate of drug-likeness (QED) is 0.339. The first-order chi connectivity index (χ1) is 19.3. The van der Waals surface area contributed by atoms with Crippen molar-refractivity contribution >= 4 is 5.91 Å². The number of aromatic amines is 1. The number of benzene rings is 2. The number of alkyl halides is 3. The molecule has 2 saturated carbocycles. The van der Waals surface area contributed by atoms with Crippen LogP contribution in [0.1, 0.15) is 79.3 Å². The monoisotopic (exact) mass is 557 g/mol. The second-order valence-corrected chi connectivity index (χ2v) is 11.0. The summed E-state index contributed by atoms with van der Waals surface area (Å²) in [4.78, 5) is 16.2. The number of tetrazole rings is 1.